The van der Waals surface area contributed by atoms with Crippen LogP contribution < -0.4 is 5.32 Å². The number of piperidine rings is 1. The minimum Gasteiger partial charge on any atom is -0.340 e. The molecule has 2 aliphatic heterocycles. The first kappa shape index (κ1) is 10.9. The van der Waals surface area contributed by atoms with Gasteiger partial charge in [-0.25, -0.2) is 0 Å². The fourth-order valence-electron chi connectivity index (χ4n) is 2.73. The van der Waals surface area contributed by atoms with E-state index in [-0.39, 0.29) is 0 Å². The van der Waals surface area contributed by atoms with Crippen LogP contribution in [0.15, 0.2) is 0 Å². The first-order valence-corrected chi connectivity index (χ1v) is 6.30. The van der Waals surface area contributed by atoms with Crippen LogP contribution in [-0.4, -0.2) is 36.0 Å². The molecule has 2 rings (SSSR count). The van der Waals surface area contributed by atoms with E-state index in [1.165, 1.54) is 32.1 Å². The maximum Gasteiger partial charge on any atom is 0.224 e. The van der Waals surface area contributed by atoms with Gasteiger partial charge in [0.1, 0.15) is 0 Å². The van der Waals surface area contributed by atoms with Gasteiger partial charge in [-0.1, -0.05) is 0 Å². The second-order valence-corrected chi connectivity index (χ2v) is 4.93. The summed E-state index contributed by atoms with van der Waals surface area (Å²) in [7, 11) is 0. The molecule has 0 spiro atoms. The van der Waals surface area contributed by atoms with Crippen LogP contribution in [-0.2, 0) is 4.79 Å². The van der Waals surface area contributed by atoms with Crippen molar-refractivity contribution in [2.24, 2.45) is 0 Å². The molecule has 2 aliphatic rings. The Morgan fingerprint density at radius 3 is 2.87 bits per heavy atom. The number of carbonyl (C=O) groups excluding carboxylic acids is 1. The second kappa shape index (κ2) is 4.97. The molecule has 2 saturated heterocycles. The average Bonchev–Trinajstić information content (AvgIpc) is 2.71. The van der Waals surface area contributed by atoms with E-state index in [4.69, 9.17) is 0 Å². The van der Waals surface area contributed by atoms with E-state index in [2.05, 4.69) is 17.1 Å². The summed E-state index contributed by atoms with van der Waals surface area (Å²) in [6.45, 7) is 4.25. The van der Waals surface area contributed by atoms with Crippen LogP contribution in [0.5, 0.6) is 0 Å². The number of amides is 1. The summed E-state index contributed by atoms with van der Waals surface area (Å²) in [5.74, 6) is 0.363. The van der Waals surface area contributed by atoms with Gasteiger partial charge in [-0.2, -0.15) is 0 Å². The maximum atomic E-state index is 12.1. The number of likely N-dealkylation sites (tertiary alicyclic amines) is 1. The smallest absolute Gasteiger partial charge is 0.224 e. The molecule has 0 aromatic rings. The Kier molecular flexibility index (Phi) is 3.62. The van der Waals surface area contributed by atoms with E-state index in [1.807, 2.05) is 0 Å². The SMILES string of the molecule is CC1CCCCN1C(=O)CC1CCCN1. The number of nitrogens with zero attached hydrogens (tertiary/aromatic N) is 1. The molecule has 0 aromatic carbocycles. The highest BCUT2D eigenvalue weighted by Gasteiger charge is 2.26. The van der Waals surface area contributed by atoms with Crippen molar-refractivity contribution in [3.05, 3.63) is 0 Å². The Labute approximate surface area is 92.2 Å². The van der Waals surface area contributed by atoms with Crippen molar-refractivity contribution in [2.75, 3.05) is 13.1 Å². The lowest BCUT2D eigenvalue weighted by molar-refractivity contribution is -0.134. The van der Waals surface area contributed by atoms with E-state index in [0.29, 0.717) is 24.4 Å². The molecule has 0 aliphatic carbocycles. The van der Waals surface area contributed by atoms with Crippen molar-refractivity contribution in [3.63, 3.8) is 0 Å². The van der Waals surface area contributed by atoms with Crippen LogP contribution in [0.1, 0.15) is 45.4 Å². The topological polar surface area (TPSA) is 32.3 Å². The zero-order valence-electron chi connectivity index (χ0n) is 9.67. The molecule has 3 heteroatoms. The van der Waals surface area contributed by atoms with Crippen LogP contribution in [0.4, 0.5) is 0 Å². The molecule has 2 atom stereocenters. The fraction of sp³-hybridized carbons (Fsp3) is 0.917. The van der Waals surface area contributed by atoms with Crippen LogP contribution in [0.25, 0.3) is 0 Å². The van der Waals surface area contributed by atoms with E-state index < -0.39 is 0 Å². The third-order valence-corrected chi connectivity index (χ3v) is 3.71. The number of hydrogen-bond acceptors (Lipinski definition) is 2. The molecule has 1 amide bonds. The second-order valence-electron chi connectivity index (χ2n) is 4.93. The Balaban J connectivity index is 1.83. The molecule has 15 heavy (non-hydrogen) atoms. The summed E-state index contributed by atoms with van der Waals surface area (Å²) >= 11 is 0. The van der Waals surface area contributed by atoms with Gasteiger partial charge in [0.25, 0.3) is 0 Å². The van der Waals surface area contributed by atoms with E-state index in [1.54, 1.807) is 0 Å². The van der Waals surface area contributed by atoms with Crippen molar-refractivity contribution >= 4 is 5.91 Å². The summed E-state index contributed by atoms with van der Waals surface area (Å²) < 4.78 is 0. The molecule has 2 unspecified atom stereocenters. The standard InChI is InChI=1S/C12H22N2O/c1-10-5-2-3-8-14(10)12(15)9-11-6-4-7-13-11/h10-11,13H,2-9H2,1H3. The van der Waals surface area contributed by atoms with Gasteiger partial charge in [-0.05, 0) is 45.6 Å². The first-order chi connectivity index (χ1) is 7.27. The average molecular weight is 210 g/mol. The van der Waals surface area contributed by atoms with Crippen molar-refractivity contribution in [1.82, 2.24) is 10.2 Å². The van der Waals surface area contributed by atoms with Gasteiger partial charge < -0.3 is 10.2 Å². The third kappa shape index (κ3) is 2.71. The highest BCUT2D eigenvalue weighted by Crippen LogP contribution is 2.19. The summed E-state index contributed by atoms with van der Waals surface area (Å²) in [6, 6.07) is 0.916. The molecule has 0 aromatic heterocycles. The van der Waals surface area contributed by atoms with Gasteiger partial charge >= 0.3 is 0 Å². The number of rotatable bonds is 2. The molecule has 0 saturated carbocycles. The Morgan fingerprint density at radius 2 is 2.20 bits per heavy atom. The largest absolute Gasteiger partial charge is 0.340 e. The van der Waals surface area contributed by atoms with Crippen LogP contribution in [0, 0.1) is 0 Å². The van der Waals surface area contributed by atoms with Crippen molar-refractivity contribution in [2.45, 2.75) is 57.5 Å². The van der Waals surface area contributed by atoms with Gasteiger partial charge in [0.15, 0.2) is 0 Å². The molecular weight excluding hydrogens is 188 g/mol. The summed E-state index contributed by atoms with van der Waals surface area (Å²) in [5, 5.41) is 3.39. The minimum absolute atomic E-state index is 0.363. The Morgan fingerprint density at radius 1 is 1.33 bits per heavy atom. The van der Waals surface area contributed by atoms with Crippen molar-refractivity contribution in [3.8, 4) is 0 Å². The highest BCUT2D eigenvalue weighted by atomic mass is 16.2. The van der Waals surface area contributed by atoms with Crippen LogP contribution >= 0.6 is 0 Å². The van der Waals surface area contributed by atoms with Crippen molar-refractivity contribution < 1.29 is 4.79 Å². The summed E-state index contributed by atoms with van der Waals surface area (Å²) in [5.41, 5.74) is 0. The van der Waals surface area contributed by atoms with Gasteiger partial charge in [-0.3, -0.25) is 4.79 Å². The maximum absolute atomic E-state index is 12.1. The predicted molar refractivity (Wildman–Crippen MR) is 60.7 cm³/mol. The normalized spacial score (nSPS) is 31.9. The number of carbonyl (C=O) groups is 1. The summed E-state index contributed by atoms with van der Waals surface area (Å²) in [4.78, 5) is 14.1. The molecule has 0 bridgehead atoms. The zero-order chi connectivity index (χ0) is 10.7. The lowest BCUT2D eigenvalue weighted by Crippen LogP contribution is -2.44. The van der Waals surface area contributed by atoms with Crippen LogP contribution in [0.3, 0.4) is 0 Å². The molecule has 2 heterocycles. The molecule has 1 N–H and O–H groups in total. The fourth-order valence-corrected chi connectivity index (χ4v) is 2.73. The first-order valence-electron chi connectivity index (χ1n) is 6.30. The van der Waals surface area contributed by atoms with E-state index in [9.17, 15) is 4.79 Å². The van der Waals surface area contributed by atoms with Gasteiger partial charge in [-0.15, -0.1) is 0 Å². The van der Waals surface area contributed by atoms with Crippen molar-refractivity contribution in [1.29, 1.82) is 0 Å². The summed E-state index contributed by atoms with van der Waals surface area (Å²) in [6.07, 6.45) is 6.77. The zero-order valence-corrected chi connectivity index (χ0v) is 9.67. The number of hydrogen-bond donors (Lipinski definition) is 1. The van der Waals surface area contributed by atoms with Gasteiger partial charge in [0.05, 0.1) is 0 Å². The molecule has 3 nitrogen and oxygen atoms in total. The van der Waals surface area contributed by atoms with Crippen LogP contribution in [0.2, 0.25) is 0 Å². The highest BCUT2D eigenvalue weighted by molar-refractivity contribution is 5.77. The Bertz CT molecular complexity index is 224. The lowest BCUT2D eigenvalue weighted by Gasteiger charge is -2.34. The molecule has 0 radical (unpaired) electrons. The number of nitrogens with one attached hydrogen (secondary N) is 1. The van der Waals surface area contributed by atoms with Gasteiger partial charge in [0, 0.05) is 25.0 Å². The molecular formula is C12H22N2O. The van der Waals surface area contributed by atoms with E-state index in [0.717, 1.165) is 13.1 Å². The quantitative estimate of drug-likeness (QED) is 0.749. The third-order valence-electron chi connectivity index (χ3n) is 3.71. The van der Waals surface area contributed by atoms with Gasteiger partial charge in [0.2, 0.25) is 5.91 Å². The minimum atomic E-state index is 0.363. The van der Waals surface area contributed by atoms with E-state index >= 15 is 0 Å². The molecule has 2 fully saturated rings. The molecule has 86 valence electrons. The predicted octanol–water partition coefficient (Wildman–Crippen LogP) is 1.53. The monoisotopic (exact) mass is 210 g/mol. The lowest BCUT2D eigenvalue weighted by atomic mass is 10.0. The Hall–Kier alpha value is -0.570.